The average Bonchev–Trinajstić information content (AvgIpc) is 2.49. The highest BCUT2D eigenvalue weighted by molar-refractivity contribution is 6.07. The summed E-state index contributed by atoms with van der Waals surface area (Å²) in [6.07, 6.45) is 0. The van der Waals surface area contributed by atoms with Crippen LogP contribution in [0.5, 0.6) is 0 Å². The number of aryl methyl sites for hydroxylation is 1. The molecule has 0 heterocycles. The second kappa shape index (κ2) is 6.00. The molecule has 0 aromatic heterocycles. The van der Waals surface area contributed by atoms with E-state index in [2.05, 4.69) is 5.32 Å². The third kappa shape index (κ3) is 3.06. The minimum atomic E-state index is -0.698. The minimum Gasteiger partial charge on any atom is -0.321 e. The van der Waals surface area contributed by atoms with Crippen molar-refractivity contribution in [3.05, 3.63) is 73.8 Å². The summed E-state index contributed by atoms with van der Waals surface area (Å²) in [4.78, 5) is 32.6. The summed E-state index contributed by atoms with van der Waals surface area (Å²) in [5.74, 6) is -0.698. The lowest BCUT2D eigenvalue weighted by Gasteiger charge is -2.08. The zero-order valence-electron chi connectivity index (χ0n) is 11.5. The molecule has 1 N–H and O–H groups in total. The summed E-state index contributed by atoms with van der Waals surface area (Å²) >= 11 is 0. The number of nitro benzene ring substituents is 2. The number of nitro groups is 2. The number of amides is 1. The van der Waals surface area contributed by atoms with Gasteiger partial charge in [-0.25, -0.2) is 0 Å². The van der Waals surface area contributed by atoms with E-state index in [1.807, 2.05) is 0 Å². The lowest BCUT2D eigenvalue weighted by atomic mass is 10.1. The van der Waals surface area contributed by atoms with Crippen molar-refractivity contribution in [2.24, 2.45) is 0 Å². The van der Waals surface area contributed by atoms with E-state index in [9.17, 15) is 25.0 Å². The maximum absolute atomic E-state index is 12.2. The van der Waals surface area contributed by atoms with Gasteiger partial charge in [0.25, 0.3) is 17.3 Å². The molecule has 0 spiro atoms. The van der Waals surface area contributed by atoms with Crippen LogP contribution in [0.4, 0.5) is 17.1 Å². The van der Waals surface area contributed by atoms with Crippen molar-refractivity contribution >= 4 is 23.0 Å². The lowest BCUT2D eigenvalue weighted by Crippen LogP contribution is -2.14. The van der Waals surface area contributed by atoms with Gasteiger partial charge < -0.3 is 5.32 Å². The number of hydrogen-bond donors (Lipinski definition) is 1. The van der Waals surface area contributed by atoms with Gasteiger partial charge in [0.05, 0.1) is 15.5 Å². The first kappa shape index (κ1) is 15.1. The predicted molar refractivity (Wildman–Crippen MR) is 78.9 cm³/mol. The quantitative estimate of drug-likeness (QED) is 0.688. The fourth-order valence-electron chi connectivity index (χ4n) is 1.87. The Morgan fingerprint density at radius 2 is 1.73 bits per heavy atom. The topological polar surface area (TPSA) is 115 Å². The van der Waals surface area contributed by atoms with Gasteiger partial charge in [-0.3, -0.25) is 25.0 Å². The first-order valence-corrected chi connectivity index (χ1v) is 6.20. The molecular weight excluding hydrogens is 290 g/mol. The molecule has 0 aliphatic rings. The maximum Gasteiger partial charge on any atom is 0.282 e. The molecule has 0 aliphatic carbocycles. The zero-order valence-corrected chi connectivity index (χ0v) is 11.5. The second-order valence-corrected chi connectivity index (χ2v) is 4.48. The van der Waals surface area contributed by atoms with Gasteiger partial charge in [0.2, 0.25) is 0 Å². The van der Waals surface area contributed by atoms with Crippen molar-refractivity contribution in [2.45, 2.75) is 6.92 Å². The third-order valence-corrected chi connectivity index (χ3v) is 3.03. The summed E-state index contributed by atoms with van der Waals surface area (Å²) in [6, 6.07) is 9.51. The molecule has 2 aromatic carbocycles. The Balaban J connectivity index is 2.36. The predicted octanol–water partition coefficient (Wildman–Crippen LogP) is 3.06. The smallest absolute Gasteiger partial charge is 0.282 e. The summed E-state index contributed by atoms with van der Waals surface area (Å²) in [7, 11) is 0. The Hall–Kier alpha value is -3.29. The van der Waals surface area contributed by atoms with Crippen LogP contribution < -0.4 is 5.32 Å². The monoisotopic (exact) mass is 301 g/mol. The number of carbonyl (C=O) groups is 1. The molecule has 1 amide bonds. The Bertz CT molecular complexity index is 773. The van der Waals surface area contributed by atoms with Gasteiger partial charge in [0.15, 0.2) is 0 Å². The van der Waals surface area contributed by atoms with Crippen LogP contribution in [0, 0.1) is 27.2 Å². The van der Waals surface area contributed by atoms with Crippen molar-refractivity contribution in [3.8, 4) is 0 Å². The van der Waals surface area contributed by atoms with Gasteiger partial charge in [0.1, 0.15) is 5.56 Å². The standard InChI is InChI=1S/C14H11N3O5/c1-9-6-7-10(16(19)20)8-12(9)15-14(18)11-4-2-3-5-13(11)17(21)22/h2-8H,1H3,(H,15,18). The molecule has 0 aliphatic heterocycles. The highest BCUT2D eigenvalue weighted by Crippen LogP contribution is 2.24. The van der Waals surface area contributed by atoms with E-state index in [1.165, 1.54) is 42.5 Å². The molecule has 0 radical (unpaired) electrons. The van der Waals surface area contributed by atoms with Crippen LogP contribution in [-0.4, -0.2) is 15.8 Å². The largest absolute Gasteiger partial charge is 0.321 e. The van der Waals surface area contributed by atoms with E-state index in [4.69, 9.17) is 0 Å². The number of hydrogen-bond acceptors (Lipinski definition) is 5. The van der Waals surface area contributed by atoms with E-state index in [-0.39, 0.29) is 22.6 Å². The SMILES string of the molecule is Cc1ccc([N+](=O)[O-])cc1NC(=O)c1ccccc1[N+](=O)[O-]. The highest BCUT2D eigenvalue weighted by atomic mass is 16.6. The lowest BCUT2D eigenvalue weighted by molar-refractivity contribution is -0.385. The van der Waals surface area contributed by atoms with Crippen LogP contribution in [0.15, 0.2) is 42.5 Å². The number of nitrogens with one attached hydrogen (secondary N) is 1. The highest BCUT2D eigenvalue weighted by Gasteiger charge is 2.20. The van der Waals surface area contributed by atoms with Crippen molar-refractivity contribution in [1.82, 2.24) is 0 Å². The first-order chi connectivity index (χ1) is 10.4. The normalized spacial score (nSPS) is 10.0. The summed E-state index contributed by atoms with van der Waals surface area (Å²) < 4.78 is 0. The van der Waals surface area contributed by atoms with Crippen LogP contribution in [0.25, 0.3) is 0 Å². The molecule has 2 aromatic rings. The van der Waals surface area contributed by atoms with Gasteiger partial charge in [0, 0.05) is 18.2 Å². The molecule has 0 unspecified atom stereocenters. The number of nitrogens with zero attached hydrogens (tertiary/aromatic N) is 2. The molecule has 0 saturated carbocycles. The Morgan fingerprint density at radius 3 is 2.36 bits per heavy atom. The number of anilines is 1. The number of benzene rings is 2. The van der Waals surface area contributed by atoms with Crippen molar-refractivity contribution in [1.29, 1.82) is 0 Å². The summed E-state index contributed by atoms with van der Waals surface area (Å²) in [5.41, 5.74) is 0.222. The summed E-state index contributed by atoms with van der Waals surface area (Å²) in [6.45, 7) is 1.67. The number of para-hydroxylation sites is 1. The van der Waals surface area contributed by atoms with Gasteiger partial charge >= 0.3 is 0 Å². The van der Waals surface area contributed by atoms with Crippen molar-refractivity contribution < 1.29 is 14.6 Å². The van der Waals surface area contributed by atoms with Gasteiger partial charge in [-0.15, -0.1) is 0 Å². The van der Waals surface area contributed by atoms with Crippen LogP contribution >= 0.6 is 0 Å². The molecule has 2 rings (SSSR count). The maximum atomic E-state index is 12.2. The molecule has 8 heteroatoms. The van der Waals surface area contributed by atoms with Crippen molar-refractivity contribution in [2.75, 3.05) is 5.32 Å². The zero-order chi connectivity index (χ0) is 16.3. The molecule has 0 atom stereocenters. The van der Waals surface area contributed by atoms with Crippen LogP contribution in [-0.2, 0) is 0 Å². The van der Waals surface area contributed by atoms with Crippen LogP contribution in [0.1, 0.15) is 15.9 Å². The number of rotatable bonds is 4. The van der Waals surface area contributed by atoms with E-state index in [0.29, 0.717) is 5.56 Å². The molecule has 0 saturated heterocycles. The molecule has 22 heavy (non-hydrogen) atoms. The van der Waals surface area contributed by atoms with E-state index in [1.54, 1.807) is 6.92 Å². The fourth-order valence-corrected chi connectivity index (χ4v) is 1.87. The van der Waals surface area contributed by atoms with Gasteiger partial charge in [-0.1, -0.05) is 18.2 Å². The molecule has 0 bridgehead atoms. The molecular formula is C14H11N3O5. The van der Waals surface area contributed by atoms with Crippen LogP contribution in [0.3, 0.4) is 0 Å². The van der Waals surface area contributed by atoms with E-state index >= 15 is 0 Å². The molecule has 8 nitrogen and oxygen atoms in total. The average molecular weight is 301 g/mol. The third-order valence-electron chi connectivity index (χ3n) is 3.03. The van der Waals surface area contributed by atoms with Crippen LogP contribution in [0.2, 0.25) is 0 Å². The van der Waals surface area contributed by atoms with Crippen molar-refractivity contribution in [3.63, 3.8) is 0 Å². The Labute approximate surface area is 124 Å². The van der Waals surface area contributed by atoms with Gasteiger partial charge in [-0.05, 0) is 18.6 Å². The first-order valence-electron chi connectivity index (χ1n) is 6.20. The fraction of sp³-hybridized carbons (Fsp3) is 0.0714. The number of non-ortho nitro benzene ring substituents is 1. The Morgan fingerprint density at radius 1 is 1.05 bits per heavy atom. The Kier molecular flexibility index (Phi) is 4.12. The summed E-state index contributed by atoms with van der Waals surface area (Å²) in [5, 5.41) is 24.2. The minimum absolute atomic E-state index is 0.113. The van der Waals surface area contributed by atoms with E-state index < -0.39 is 15.8 Å². The molecule has 112 valence electrons. The van der Waals surface area contributed by atoms with Gasteiger partial charge in [-0.2, -0.15) is 0 Å². The molecule has 0 fully saturated rings. The number of carbonyl (C=O) groups excluding carboxylic acids is 1. The second-order valence-electron chi connectivity index (χ2n) is 4.48. The van der Waals surface area contributed by atoms with E-state index in [0.717, 1.165) is 0 Å².